The van der Waals surface area contributed by atoms with Crippen LogP contribution in [0, 0.1) is 22.7 Å². The molecule has 1 atom stereocenters. The van der Waals surface area contributed by atoms with Crippen molar-refractivity contribution in [1.29, 1.82) is 5.26 Å². The molecule has 0 radical (unpaired) electrons. The van der Waals surface area contributed by atoms with Gasteiger partial charge in [0.05, 0.1) is 26.9 Å². The first-order chi connectivity index (χ1) is 13.8. The molecule has 1 aromatic heterocycles. The molecular weight excluding hydrogens is 384 g/mol. The van der Waals surface area contributed by atoms with E-state index in [2.05, 4.69) is 31.8 Å². The Morgan fingerprint density at radius 1 is 1.14 bits per heavy atom. The zero-order valence-electron chi connectivity index (χ0n) is 18.0. The van der Waals surface area contributed by atoms with Crippen molar-refractivity contribution in [3.63, 3.8) is 0 Å². The van der Waals surface area contributed by atoms with Crippen LogP contribution in [0.2, 0.25) is 0 Å². The summed E-state index contributed by atoms with van der Waals surface area (Å²) in [6, 6.07) is 6.08. The zero-order valence-corrected chi connectivity index (χ0v) is 18.8. The second-order valence-corrected chi connectivity index (χ2v) is 9.40. The zero-order chi connectivity index (χ0) is 21.2. The Hall–Kier alpha value is -2.52. The van der Waals surface area contributed by atoms with Gasteiger partial charge in [-0.15, -0.1) is 11.3 Å². The molecule has 2 aromatic rings. The van der Waals surface area contributed by atoms with Crippen LogP contribution in [0.3, 0.4) is 0 Å². The summed E-state index contributed by atoms with van der Waals surface area (Å²) in [6.07, 6.45) is 4.86. The highest BCUT2D eigenvalue weighted by atomic mass is 32.1. The topological polar surface area (TPSA) is 63.8 Å². The van der Waals surface area contributed by atoms with Gasteiger partial charge in [0.15, 0.2) is 11.5 Å². The molecule has 3 rings (SSSR count). The Morgan fingerprint density at radius 3 is 2.31 bits per heavy atom. The molecule has 0 amide bonds. The average molecular weight is 413 g/mol. The van der Waals surface area contributed by atoms with E-state index in [1.54, 1.807) is 38.9 Å². The van der Waals surface area contributed by atoms with Crippen molar-refractivity contribution in [1.82, 2.24) is 0 Å². The largest absolute Gasteiger partial charge is 0.493 e. The van der Waals surface area contributed by atoms with Crippen LogP contribution in [0.15, 0.2) is 17.1 Å². The number of hydrogen-bond donors (Lipinski definition) is 0. The van der Waals surface area contributed by atoms with Crippen LogP contribution < -0.4 is 14.2 Å². The third-order valence-corrected chi connectivity index (χ3v) is 6.76. The van der Waals surface area contributed by atoms with E-state index in [0.29, 0.717) is 23.2 Å². The molecule has 154 valence electrons. The summed E-state index contributed by atoms with van der Waals surface area (Å²) in [5, 5.41) is 10.5. The van der Waals surface area contributed by atoms with Crippen LogP contribution in [0.5, 0.6) is 17.2 Å². The minimum absolute atomic E-state index is 0.272. The maximum absolute atomic E-state index is 9.75. The smallest absolute Gasteiger partial charge is 0.203 e. The molecule has 0 N–H and O–H groups in total. The number of nitriles is 1. The number of methoxy groups -OCH3 is 3. The molecule has 0 saturated heterocycles. The lowest BCUT2D eigenvalue weighted by Gasteiger charge is -2.33. The number of fused-ring (bicyclic) bond motifs is 1. The maximum Gasteiger partial charge on any atom is 0.203 e. The molecule has 0 unspecified atom stereocenters. The van der Waals surface area contributed by atoms with Gasteiger partial charge in [-0.25, -0.2) is 4.99 Å². The predicted octanol–water partition coefficient (Wildman–Crippen LogP) is 5.55. The first kappa shape index (κ1) is 21.2. The fourth-order valence-corrected chi connectivity index (χ4v) is 5.05. The summed E-state index contributed by atoms with van der Waals surface area (Å²) in [5.41, 5.74) is 3.01. The van der Waals surface area contributed by atoms with Crippen molar-refractivity contribution >= 4 is 22.6 Å². The maximum atomic E-state index is 9.75. The minimum atomic E-state index is 0.272. The third-order valence-electron chi connectivity index (χ3n) is 5.60. The molecule has 1 aliphatic carbocycles. The molecule has 0 aliphatic heterocycles. The Morgan fingerprint density at radius 2 is 1.79 bits per heavy atom. The van der Waals surface area contributed by atoms with E-state index in [0.717, 1.165) is 35.4 Å². The molecule has 6 heteroatoms. The van der Waals surface area contributed by atoms with Crippen LogP contribution in [0.4, 0.5) is 5.00 Å². The predicted molar refractivity (Wildman–Crippen MR) is 117 cm³/mol. The van der Waals surface area contributed by atoms with E-state index in [1.807, 2.05) is 12.1 Å². The quantitative estimate of drug-likeness (QED) is 0.604. The van der Waals surface area contributed by atoms with Crippen molar-refractivity contribution in [3.05, 3.63) is 33.7 Å². The summed E-state index contributed by atoms with van der Waals surface area (Å²) in [6.45, 7) is 6.89. The van der Waals surface area contributed by atoms with E-state index in [4.69, 9.17) is 14.2 Å². The fourth-order valence-electron chi connectivity index (χ4n) is 3.83. The molecule has 0 spiro atoms. The number of benzene rings is 1. The Bertz CT molecular complexity index is 939. The van der Waals surface area contributed by atoms with Crippen LogP contribution in [0.1, 0.15) is 48.8 Å². The van der Waals surface area contributed by atoms with Gasteiger partial charge in [-0.2, -0.15) is 5.26 Å². The van der Waals surface area contributed by atoms with Crippen molar-refractivity contribution in [2.75, 3.05) is 21.3 Å². The monoisotopic (exact) mass is 412 g/mol. The van der Waals surface area contributed by atoms with Crippen molar-refractivity contribution < 1.29 is 14.2 Å². The van der Waals surface area contributed by atoms with Crippen LogP contribution in [-0.2, 0) is 12.8 Å². The number of ether oxygens (including phenoxy) is 3. The van der Waals surface area contributed by atoms with Gasteiger partial charge in [0.2, 0.25) is 5.75 Å². The van der Waals surface area contributed by atoms with Gasteiger partial charge in [0.25, 0.3) is 0 Å². The van der Waals surface area contributed by atoms with Gasteiger partial charge in [-0.1, -0.05) is 20.8 Å². The molecule has 5 nitrogen and oxygen atoms in total. The van der Waals surface area contributed by atoms with Crippen LogP contribution in [0.25, 0.3) is 0 Å². The molecule has 29 heavy (non-hydrogen) atoms. The van der Waals surface area contributed by atoms with Gasteiger partial charge < -0.3 is 14.2 Å². The second-order valence-electron chi connectivity index (χ2n) is 8.32. The summed E-state index contributed by atoms with van der Waals surface area (Å²) in [4.78, 5) is 5.97. The first-order valence-electron chi connectivity index (χ1n) is 9.71. The standard InChI is InChI=1S/C23H28N2O3S/c1-23(2,3)15-7-8-16-17(12-24)22(29-20(16)11-15)25-13-14-9-18(26-4)21(28-6)19(10-14)27-5/h9-10,13,15H,7-8,11H2,1-6H3/t15-/m0/s1. The average Bonchev–Trinajstić information content (AvgIpc) is 3.07. The first-order valence-corrected chi connectivity index (χ1v) is 10.5. The molecule has 1 aliphatic rings. The Labute approximate surface area is 176 Å². The van der Waals surface area contributed by atoms with E-state index in [1.165, 1.54) is 10.4 Å². The highest BCUT2D eigenvalue weighted by molar-refractivity contribution is 7.16. The summed E-state index contributed by atoms with van der Waals surface area (Å²) >= 11 is 1.65. The van der Waals surface area contributed by atoms with Gasteiger partial charge >= 0.3 is 0 Å². The Kier molecular flexibility index (Phi) is 6.18. The lowest BCUT2D eigenvalue weighted by Crippen LogP contribution is -2.26. The number of rotatable bonds is 5. The van der Waals surface area contributed by atoms with E-state index in [9.17, 15) is 5.26 Å². The van der Waals surface area contributed by atoms with Gasteiger partial charge in [-0.05, 0) is 48.3 Å². The van der Waals surface area contributed by atoms with Gasteiger partial charge in [0, 0.05) is 16.7 Å². The molecular formula is C23H28N2O3S. The van der Waals surface area contributed by atoms with Crippen LogP contribution >= 0.6 is 11.3 Å². The second kappa shape index (κ2) is 8.46. The van der Waals surface area contributed by atoms with E-state index in [-0.39, 0.29) is 5.41 Å². The third kappa shape index (κ3) is 4.25. The van der Waals surface area contributed by atoms with Crippen molar-refractivity contribution in [3.8, 4) is 23.3 Å². The van der Waals surface area contributed by atoms with Gasteiger partial charge in [0.1, 0.15) is 11.1 Å². The fraction of sp³-hybridized carbons (Fsp3) is 0.478. The minimum Gasteiger partial charge on any atom is -0.493 e. The lowest BCUT2D eigenvalue weighted by molar-refractivity contribution is 0.218. The lowest BCUT2D eigenvalue weighted by atomic mass is 9.72. The molecule has 1 heterocycles. The van der Waals surface area contributed by atoms with Gasteiger partial charge in [-0.3, -0.25) is 0 Å². The summed E-state index contributed by atoms with van der Waals surface area (Å²) < 4.78 is 16.2. The number of hydrogen-bond acceptors (Lipinski definition) is 6. The molecule has 1 aromatic carbocycles. The molecule has 0 fully saturated rings. The SMILES string of the molecule is COc1cc(C=Nc2sc3c(c2C#N)CC[C@H](C(C)(C)C)C3)cc(OC)c1OC. The number of nitrogens with zero attached hydrogens (tertiary/aromatic N) is 2. The van der Waals surface area contributed by atoms with Crippen LogP contribution in [-0.4, -0.2) is 27.5 Å². The summed E-state index contributed by atoms with van der Waals surface area (Å²) in [5.74, 6) is 2.33. The molecule has 0 saturated carbocycles. The van der Waals surface area contributed by atoms with Crippen molar-refractivity contribution in [2.45, 2.75) is 40.0 Å². The highest BCUT2D eigenvalue weighted by Crippen LogP contribution is 2.45. The van der Waals surface area contributed by atoms with E-state index >= 15 is 0 Å². The number of thiophene rings is 1. The highest BCUT2D eigenvalue weighted by Gasteiger charge is 2.32. The molecule has 0 bridgehead atoms. The van der Waals surface area contributed by atoms with Crippen molar-refractivity contribution in [2.24, 2.45) is 16.3 Å². The number of aliphatic imine (C=N–C) groups is 1. The van der Waals surface area contributed by atoms with E-state index < -0.39 is 0 Å². The summed E-state index contributed by atoms with van der Waals surface area (Å²) in [7, 11) is 4.75. The normalized spacial score (nSPS) is 16.4. The Balaban J connectivity index is 1.95.